The Bertz CT molecular complexity index is 1580. The lowest BCUT2D eigenvalue weighted by Crippen LogP contribution is -2.59. The average Bonchev–Trinajstić information content (AvgIpc) is 3.26. The number of nitrogens with one attached hydrogen (secondary N) is 3. The molecule has 2 aromatic rings. The zero-order valence-electron chi connectivity index (χ0n) is 37.3. The molecule has 0 saturated carbocycles. The molecule has 1 heterocycles. The summed E-state index contributed by atoms with van der Waals surface area (Å²) >= 11 is 0. The van der Waals surface area contributed by atoms with Gasteiger partial charge in [-0.3, -0.25) is 28.9 Å². The predicted molar refractivity (Wildman–Crippen MR) is 236 cm³/mol. The van der Waals surface area contributed by atoms with Gasteiger partial charge in [0.05, 0.1) is 51.6 Å². The molecule has 0 bridgehead atoms. The van der Waals surface area contributed by atoms with Crippen molar-refractivity contribution in [1.82, 2.24) is 25.8 Å². The Morgan fingerprint density at radius 2 is 1.21 bits per heavy atom. The fourth-order valence-electron chi connectivity index (χ4n) is 7.27. The summed E-state index contributed by atoms with van der Waals surface area (Å²) in [5, 5.41) is 18.3. The molecule has 4 atom stereocenters. The van der Waals surface area contributed by atoms with Crippen LogP contribution in [0, 0.1) is 11.8 Å². The summed E-state index contributed by atoms with van der Waals surface area (Å²) in [6, 6.07) is 14.8. The summed E-state index contributed by atoms with van der Waals surface area (Å²) in [5.41, 5.74) is 8.01. The Hall–Kier alpha value is -4.45. The summed E-state index contributed by atoms with van der Waals surface area (Å²) in [6.45, 7) is 9.49. The molecule has 3 rings (SSSR count). The molecule has 16 nitrogen and oxygen atoms in total. The molecule has 346 valence electrons. The van der Waals surface area contributed by atoms with Gasteiger partial charge in [-0.05, 0) is 68.5 Å². The highest BCUT2D eigenvalue weighted by Gasteiger charge is 2.34. The van der Waals surface area contributed by atoms with Gasteiger partial charge >= 0.3 is 5.97 Å². The van der Waals surface area contributed by atoms with Crippen molar-refractivity contribution in [2.24, 2.45) is 17.6 Å². The number of amides is 4. The van der Waals surface area contributed by atoms with Crippen LogP contribution in [0.2, 0.25) is 0 Å². The van der Waals surface area contributed by atoms with Crippen molar-refractivity contribution in [2.75, 3.05) is 86.6 Å². The van der Waals surface area contributed by atoms with Crippen molar-refractivity contribution in [2.45, 2.75) is 89.4 Å². The van der Waals surface area contributed by atoms with E-state index in [1.54, 1.807) is 19.1 Å². The fraction of sp³-hybridized carbons (Fsp3) is 0.630. The molecule has 0 spiro atoms. The quantitative estimate of drug-likeness (QED) is 0.0693. The largest absolute Gasteiger partial charge is 0.481 e. The first-order chi connectivity index (χ1) is 29.9. The van der Waals surface area contributed by atoms with Crippen LogP contribution >= 0.6 is 0 Å². The van der Waals surface area contributed by atoms with E-state index in [-0.39, 0.29) is 44.2 Å². The number of piperidine rings is 1. The van der Waals surface area contributed by atoms with Crippen molar-refractivity contribution < 1.29 is 48.0 Å². The molecule has 4 amide bonds. The van der Waals surface area contributed by atoms with E-state index in [2.05, 4.69) is 20.9 Å². The first-order valence-electron chi connectivity index (χ1n) is 22.0. The van der Waals surface area contributed by atoms with Crippen LogP contribution in [0.5, 0.6) is 0 Å². The maximum atomic E-state index is 14.3. The lowest BCUT2D eigenvalue weighted by atomic mass is 9.96. The van der Waals surface area contributed by atoms with Crippen molar-refractivity contribution in [3.8, 4) is 0 Å². The maximum absolute atomic E-state index is 14.3. The van der Waals surface area contributed by atoms with E-state index in [0.717, 1.165) is 17.5 Å². The summed E-state index contributed by atoms with van der Waals surface area (Å²) in [5.74, 6) is -3.27. The SMILES string of the molecule is COCCOCCN(CCCCC(NC(=O)C(CC(C)C)NC(=O)C(Cc1ccccc1)NC(=O)C(N)Cc1ccccc1)C(=O)N1CCC(C(=O)O)CC1)CCOCCOC. The molecule has 1 aliphatic rings. The summed E-state index contributed by atoms with van der Waals surface area (Å²) in [6.07, 6.45) is 3.01. The Balaban J connectivity index is 1.76. The molecule has 62 heavy (non-hydrogen) atoms. The van der Waals surface area contributed by atoms with E-state index in [1.807, 2.05) is 74.5 Å². The van der Waals surface area contributed by atoms with Gasteiger partial charge in [0.1, 0.15) is 18.1 Å². The Labute approximate surface area is 367 Å². The van der Waals surface area contributed by atoms with Crippen LogP contribution in [0.3, 0.4) is 0 Å². The number of likely N-dealkylation sites (tertiary alicyclic amines) is 1. The van der Waals surface area contributed by atoms with Crippen molar-refractivity contribution in [3.05, 3.63) is 71.8 Å². The number of hydrogen-bond acceptors (Lipinski definition) is 11. The second-order valence-corrected chi connectivity index (χ2v) is 16.3. The molecule has 16 heteroatoms. The third-order valence-electron chi connectivity index (χ3n) is 10.8. The van der Waals surface area contributed by atoms with Crippen molar-refractivity contribution in [1.29, 1.82) is 0 Å². The van der Waals surface area contributed by atoms with Gasteiger partial charge in [0, 0.05) is 46.8 Å². The molecule has 0 radical (unpaired) electrons. The number of nitrogens with zero attached hydrogens (tertiary/aromatic N) is 2. The number of ether oxygens (including phenoxy) is 4. The van der Waals surface area contributed by atoms with Crippen LogP contribution in [0.1, 0.15) is 63.5 Å². The van der Waals surface area contributed by atoms with Crippen LogP contribution < -0.4 is 21.7 Å². The predicted octanol–water partition coefficient (Wildman–Crippen LogP) is 2.42. The zero-order chi connectivity index (χ0) is 45.1. The molecule has 2 aromatic carbocycles. The maximum Gasteiger partial charge on any atom is 0.306 e. The minimum absolute atomic E-state index is 0.0142. The Kier molecular flexibility index (Phi) is 24.9. The van der Waals surface area contributed by atoms with Gasteiger partial charge in [-0.15, -0.1) is 0 Å². The smallest absolute Gasteiger partial charge is 0.306 e. The highest BCUT2D eigenvalue weighted by molar-refractivity contribution is 5.95. The number of rotatable bonds is 31. The van der Waals surface area contributed by atoms with Gasteiger partial charge in [0.15, 0.2) is 0 Å². The highest BCUT2D eigenvalue weighted by atomic mass is 16.5. The minimum atomic E-state index is -1.04. The number of unbranched alkanes of at least 4 members (excludes halogenated alkanes) is 1. The summed E-state index contributed by atoms with van der Waals surface area (Å²) in [7, 11) is 3.25. The van der Waals surface area contributed by atoms with E-state index >= 15 is 0 Å². The molecule has 1 fully saturated rings. The van der Waals surface area contributed by atoms with Crippen molar-refractivity contribution >= 4 is 29.6 Å². The fourth-order valence-corrected chi connectivity index (χ4v) is 7.27. The zero-order valence-corrected chi connectivity index (χ0v) is 37.3. The first-order valence-corrected chi connectivity index (χ1v) is 22.0. The van der Waals surface area contributed by atoms with Gasteiger partial charge in [-0.1, -0.05) is 74.5 Å². The molecular weight excluding hydrogens is 797 g/mol. The molecule has 0 aliphatic carbocycles. The van der Waals surface area contributed by atoms with E-state index in [9.17, 15) is 29.1 Å². The Morgan fingerprint density at radius 3 is 1.74 bits per heavy atom. The van der Waals surface area contributed by atoms with E-state index in [4.69, 9.17) is 24.7 Å². The van der Waals surface area contributed by atoms with E-state index in [1.165, 1.54) is 0 Å². The number of aliphatic carboxylic acids is 1. The van der Waals surface area contributed by atoms with Crippen LogP contribution in [0.15, 0.2) is 60.7 Å². The van der Waals surface area contributed by atoms with E-state index in [0.29, 0.717) is 85.0 Å². The number of hydrogen-bond donors (Lipinski definition) is 5. The second kappa shape index (κ2) is 29.8. The number of benzene rings is 2. The summed E-state index contributed by atoms with van der Waals surface area (Å²) in [4.78, 5) is 71.5. The molecular formula is C46H72N6O10. The van der Waals surface area contributed by atoms with Crippen LogP contribution in [0.25, 0.3) is 0 Å². The number of nitrogens with two attached hydrogens (primary N) is 1. The lowest BCUT2D eigenvalue weighted by Gasteiger charge is -2.34. The first kappa shape index (κ1) is 51.9. The third-order valence-corrected chi connectivity index (χ3v) is 10.8. The van der Waals surface area contributed by atoms with Gasteiger partial charge < -0.3 is 50.6 Å². The molecule has 1 aliphatic heterocycles. The van der Waals surface area contributed by atoms with Gasteiger partial charge in [0.25, 0.3) is 0 Å². The van der Waals surface area contributed by atoms with Crippen LogP contribution in [-0.4, -0.2) is 155 Å². The lowest BCUT2D eigenvalue weighted by molar-refractivity contribution is -0.146. The number of carboxylic acid groups (broad SMARTS) is 1. The molecule has 4 unspecified atom stereocenters. The standard InChI is InChI=1S/C46H72N6O10/c1-34(2)31-40(50-44(55)41(33-36-15-9-6-10-16-36)49-42(53)38(47)32-35-13-7-5-8-14-35)43(54)48-39(45(56)52-21-18-37(19-22-52)46(57)58)17-11-12-20-51(23-25-61-29-27-59-3)24-26-62-30-28-60-4/h5-10,13-16,34,37-41H,11-12,17-33,47H2,1-4H3,(H,48,54)(H,49,53)(H,50,55)(H,57,58). The van der Waals surface area contributed by atoms with Crippen LogP contribution in [-0.2, 0) is 55.8 Å². The molecule has 1 saturated heterocycles. The van der Waals surface area contributed by atoms with E-state index < -0.39 is 53.8 Å². The van der Waals surface area contributed by atoms with Crippen LogP contribution in [0.4, 0.5) is 0 Å². The van der Waals surface area contributed by atoms with Gasteiger partial charge in [0.2, 0.25) is 23.6 Å². The average molecular weight is 869 g/mol. The Morgan fingerprint density at radius 1 is 0.694 bits per heavy atom. The number of carbonyl (C=O) groups excluding carboxylic acids is 4. The summed E-state index contributed by atoms with van der Waals surface area (Å²) < 4.78 is 21.6. The van der Waals surface area contributed by atoms with Gasteiger partial charge in [-0.25, -0.2) is 0 Å². The molecule has 6 N–H and O–H groups in total. The number of methoxy groups -OCH3 is 2. The highest BCUT2D eigenvalue weighted by Crippen LogP contribution is 2.20. The minimum Gasteiger partial charge on any atom is -0.481 e. The topological polar surface area (TPSA) is 211 Å². The van der Waals surface area contributed by atoms with Gasteiger partial charge in [-0.2, -0.15) is 0 Å². The normalized spacial score (nSPS) is 15.2. The van der Waals surface area contributed by atoms with Crippen molar-refractivity contribution in [3.63, 3.8) is 0 Å². The molecule has 0 aromatic heterocycles. The monoisotopic (exact) mass is 869 g/mol. The third kappa shape index (κ3) is 20.2. The second-order valence-electron chi connectivity index (χ2n) is 16.3. The number of carboxylic acids is 1. The number of carbonyl (C=O) groups is 5.